The molecule has 0 aromatic rings. The summed E-state index contributed by atoms with van der Waals surface area (Å²) in [5, 5.41) is 0. The third-order valence-corrected chi connectivity index (χ3v) is 0.317. The van der Waals surface area contributed by atoms with E-state index in [2.05, 4.69) is 11.7 Å². The first-order valence-electron chi connectivity index (χ1n) is 1.53. The molecule has 8 heavy (non-hydrogen) atoms. The first-order valence-corrected chi connectivity index (χ1v) is 1.53. The van der Waals surface area contributed by atoms with Crippen LogP contribution in [0.15, 0.2) is 0 Å². The van der Waals surface area contributed by atoms with Gasteiger partial charge in [-0.05, 0) is 0 Å². The minimum Gasteiger partial charge on any atom is -0.275 e. The Morgan fingerprint density at radius 3 is 2.00 bits per heavy atom. The van der Waals surface area contributed by atoms with Crippen molar-refractivity contribution in [2.75, 3.05) is 0 Å². The van der Waals surface area contributed by atoms with Crippen LogP contribution in [0.4, 0.5) is 4.79 Å². The van der Waals surface area contributed by atoms with Gasteiger partial charge in [-0.1, -0.05) is 0 Å². The van der Waals surface area contributed by atoms with Gasteiger partial charge >= 0.3 is 6.03 Å². The summed E-state index contributed by atoms with van der Waals surface area (Å²) in [6.45, 7) is 0. The molecule has 0 rings (SSSR count). The van der Waals surface area contributed by atoms with E-state index in [0.29, 0.717) is 0 Å². The molecule has 0 unspecified atom stereocenters. The molecule has 0 aromatic heterocycles. The molecule has 6 nitrogen and oxygen atoms in total. The molecule has 7 N–H and O–H groups in total. The number of hydrazine groups is 3. The fourth-order valence-corrected chi connectivity index (χ4v) is 0.102. The van der Waals surface area contributed by atoms with Crippen LogP contribution in [0.2, 0.25) is 0 Å². The molecule has 0 aromatic carbocycles. The quantitative estimate of drug-likeness (QED) is 0.165. The van der Waals surface area contributed by atoms with E-state index >= 15 is 0 Å². The van der Waals surface area contributed by atoms with E-state index in [4.69, 9.17) is 0 Å². The van der Waals surface area contributed by atoms with Crippen molar-refractivity contribution in [3.63, 3.8) is 0 Å². The Bertz CT molecular complexity index is 65.4. The van der Waals surface area contributed by atoms with Gasteiger partial charge in [-0.2, -0.15) is 5.53 Å². The van der Waals surface area contributed by atoms with E-state index in [-0.39, 0.29) is 12.4 Å². The predicted molar refractivity (Wildman–Crippen MR) is 30.4 cm³/mol. The third-order valence-electron chi connectivity index (χ3n) is 0.317. The molecule has 0 heterocycles. The summed E-state index contributed by atoms with van der Waals surface area (Å²) >= 11 is 0. The number of carbonyl (C=O) groups is 1. The summed E-state index contributed by atoms with van der Waals surface area (Å²) in [6.07, 6.45) is 0. The summed E-state index contributed by atoms with van der Waals surface area (Å²) in [7, 11) is 0. The second-order valence-electron chi connectivity index (χ2n) is 0.743. The highest BCUT2D eigenvalue weighted by molar-refractivity contribution is 5.85. The average molecular weight is 142 g/mol. The molecule has 0 radical (unpaired) electrons. The molecule has 0 saturated carbocycles. The van der Waals surface area contributed by atoms with Gasteiger partial charge in [0.05, 0.1) is 0 Å². The molecule has 2 amide bonds. The Morgan fingerprint density at radius 1 is 1.38 bits per heavy atom. The van der Waals surface area contributed by atoms with E-state index in [1.54, 1.807) is 5.43 Å². The zero-order valence-corrected chi connectivity index (χ0v) is 4.79. The van der Waals surface area contributed by atoms with Gasteiger partial charge in [0.2, 0.25) is 0 Å². The Balaban J connectivity index is 0. The second kappa shape index (κ2) is 6.44. The zero-order valence-electron chi connectivity index (χ0n) is 3.97. The van der Waals surface area contributed by atoms with Crippen LogP contribution >= 0.6 is 12.4 Å². The number of nitrogens with two attached hydrogens (primary N) is 2. The first kappa shape index (κ1) is 10.4. The SMILES string of the molecule is Cl.NNNC(=O)NN. The van der Waals surface area contributed by atoms with Crippen molar-refractivity contribution < 1.29 is 4.79 Å². The maximum absolute atomic E-state index is 9.92. The van der Waals surface area contributed by atoms with Gasteiger partial charge < -0.3 is 0 Å². The Hall–Kier alpha value is -0.560. The molecule has 0 aliphatic carbocycles. The van der Waals surface area contributed by atoms with Crippen LogP contribution < -0.4 is 28.1 Å². The number of hydrogen-bond donors (Lipinski definition) is 5. The largest absolute Gasteiger partial charge is 0.344 e. The molecule has 0 bridgehead atoms. The Labute approximate surface area is 52.3 Å². The van der Waals surface area contributed by atoms with Crippen molar-refractivity contribution in [3.8, 4) is 0 Å². The summed E-state index contributed by atoms with van der Waals surface area (Å²) in [6, 6.07) is -0.581. The van der Waals surface area contributed by atoms with E-state index in [9.17, 15) is 4.79 Å². The van der Waals surface area contributed by atoms with Gasteiger partial charge in [0.1, 0.15) is 0 Å². The fraction of sp³-hybridized carbons (Fsp3) is 0. The second-order valence-corrected chi connectivity index (χ2v) is 0.743. The van der Waals surface area contributed by atoms with Crippen molar-refractivity contribution in [1.29, 1.82) is 0 Å². The van der Waals surface area contributed by atoms with Crippen LogP contribution in [0.1, 0.15) is 0 Å². The lowest BCUT2D eigenvalue weighted by Crippen LogP contribution is -2.49. The van der Waals surface area contributed by atoms with Gasteiger partial charge in [0.15, 0.2) is 0 Å². The van der Waals surface area contributed by atoms with Gasteiger partial charge in [0, 0.05) is 0 Å². The minimum atomic E-state index is -0.581. The Kier molecular flexibility index (Phi) is 8.39. The molecule has 0 fully saturated rings. The van der Waals surface area contributed by atoms with Crippen molar-refractivity contribution in [1.82, 2.24) is 16.4 Å². The average Bonchev–Trinajstić information content (AvgIpc) is 1.68. The molecule has 0 aliphatic rings. The standard InChI is InChI=1S/CH7N5O.ClH/c2-4-1(7)5-6-3;/h6H,2-3H2,(H2,4,5,7);1H. The third kappa shape index (κ3) is 5.44. The number of amides is 2. The summed E-state index contributed by atoms with van der Waals surface area (Å²) < 4.78 is 0. The topological polar surface area (TPSA) is 105 Å². The molecule has 0 aliphatic heterocycles. The normalized spacial score (nSPS) is 6.75. The van der Waals surface area contributed by atoms with Gasteiger partial charge in [0.25, 0.3) is 0 Å². The fourth-order valence-electron chi connectivity index (χ4n) is 0.102. The smallest absolute Gasteiger partial charge is 0.275 e. The van der Waals surface area contributed by atoms with Crippen LogP contribution in [0, 0.1) is 0 Å². The van der Waals surface area contributed by atoms with Crippen LogP contribution in [-0.4, -0.2) is 6.03 Å². The van der Waals surface area contributed by atoms with Crippen molar-refractivity contribution in [2.45, 2.75) is 0 Å². The lowest BCUT2D eigenvalue weighted by atomic mass is 11.1. The summed E-state index contributed by atoms with van der Waals surface area (Å²) in [5.41, 5.74) is 5.60. The number of rotatable bonds is 1. The van der Waals surface area contributed by atoms with Crippen LogP contribution in [-0.2, 0) is 0 Å². The highest BCUT2D eigenvalue weighted by Crippen LogP contribution is 1.45. The van der Waals surface area contributed by atoms with Crippen LogP contribution in [0.25, 0.3) is 0 Å². The zero-order chi connectivity index (χ0) is 5.70. The lowest BCUT2D eigenvalue weighted by Gasteiger charge is -1.97. The Morgan fingerprint density at radius 2 is 1.88 bits per heavy atom. The van der Waals surface area contributed by atoms with Crippen molar-refractivity contribution in [2.24, 2.45) is 11.7 Å². The molecular weight excluding hydrogens is 133 g/mol. The number of halogens is 1. The highest BCUT2D eigenvalue weighted by Gasteiger charge is 1.86. The van der Waals surface area contributed by atoms with Crippen molar-refractivity contribution >= 4 is 18.4 Å². The predicted octanol–water partition coefficient (Wildman–Crippen LogP) is -2.04. The molecule has 0 spiro atoms. The maximum atomic E-state index is 9.92. The van der Waals surface area contributed by atoms with E-state index < -0.39 is 6.03 Å². The van der Waals surface area contributed by atoms with Crippen LogP contribution in [0.3, 0.4) is 0 Å². The van der Waals surface area contributed by atoms with E-state index in [1.165, 1.54) is 0 Å². The minimum absolute atomic E-state index is 0. The number of urea groups is 1. The highest BCUT2D eigenvalue weighted by atomic mass is 35.5. The maximum Gasteiger partial charge on any atom is 0.344 e. The summed E-state index contributed by atoms with van der Waals surface area (Å²) in [5.74, 6) is 9.23. The van der Waals surface area contributed by atoms with E-state index in [0.717, 1.165) is 0 Å². The van der Waals surface area contributed by atoms with Gasteiger partial charge in [-0.25, -0.2) is 10.6 Å². The molecule has 7 heteroatoms. The van der Waals surface area contributed by atoms with Crippen LogP contribution in [0.5, 0.6) is 0 Å². The van der Waals surface area contributed by atoms with Gasteiger partial charge in [-0.15, -0.1) is 12.4 Å². The lowest BCUT2D eigenvalue weighted by molar-refractivity contribution is 0.237. The molecule has 50 valence electrons. The molecule has 0 saturated heterocycles. The molecule has 0 atom stereocenters. The first-order chi connectivity index (χ1) is 3.31. The van der Waals surface area contributed by atoms with E-state index in [1.807, 2.05) is 11.0 Å². The molecular formula is CH8ClN5O. The summed E-state index contributed by atoms with van der Waals surface area (Å²) in [4.78, 5) is 9.92. The van der Waals surface area contributed by atoms with Gasteiger partial charge in [-0.3, -0.25) is 16.7 Å². The number of nitrogens with one attached hydrogen (secondary N) is 3. The monoisotopic (exact) mass is 141 g/mol. The number of hydrogen-bond acceptors (Lipinski definition) is 4. The number of carbonyl (C=O) groups excluding carboxylic acids is 1. The van der Waals surface area contributed by atoms with Crippen molar-refractivity contribution in [3.05, 3.63) is 0 Å².